The van der Waals surface area contributed by atoms with Crippen LogP contribution in [0.4, 0.5) is 10.8 Å². The molecule has 0 atom stereocenters. The fourth-order valence-electron chi connectivity index (χ4n) is 2.23. The van der Waals surface area contributed by atoms with Gasteiger partial charge >= 0.3 is 0 Å². The van der Waals surface area contributed by atoms with Gasteiger partial charge in [-0.1, -0.05) is 35.6 Å². The number of benzene rings is 2. The summed E-state index contributed by atoms with van der Waals surface area (Å²) in [4.78, 5) is 6.89. The first-order valence-electron chi connectivity index (χ1n) is 7.05. The molecular weight excluding hydrogens is 399 g/mol. The minimum Gasteiger partial charge on any atom is -0.515 e. The molecule has 3 aromatic rings. The number of hydrogen-bond acceptors (Lipinski definition) is 4. The van der Waals surface area contributed by atoms with Gasteiger partial charge in [0, 0.05) is 46.3 Å². The van der Waals surface area contributed by atoms with Gasteiger partial charge in [-0.3, -0.25) is 0 Å². The Morgan fingerprint density at radius 1 is 1.17 bits per heavy atom. The summed E-state index contributed by atoms with van der Waals surface area (Å²) in [6.07, 6.45) is 0.980. The molecule has 1 aromatic heterocycles. The second kappa shape index (κ2) is 8.83. The zero-order chi connectivity index (χ0) is 15.4. The molecule has 0 aliphatic heterocycles. The van der Waals surface area contributed by atoms with Crippen LogP contribution in [0.25, 0.3) is 10.2 Å². The molecule has 2 aromatic carbocycles. The predicted octanol–water partition coefficient (Wildman–Crippen LogP) is 4.22. The maximum atomic E-state index is 4.68. The number of hydrogen-bond donors (Lipinski definition) is 1. The predicted molar refractivity (Wildman–Crippen MR) is 99.3 cm³/mol. The molecule has 0 fully saturated rings. The number of fused-ring (bicyclic) bond motifs is 1. The quantitative estimate of drug-likeness (QED) is 0.371. The summed E-state index contributed by atoms with van der Waals surface area (Å²) >= 11 is 6.39. The number of thiazole rings is 1. The van der Waals surface area contributed by atoms with E-state index in [1.165, 1.54) is 10.3 Å². The summed E-state index contributed by atoms with van der Waals surface area (Å²) in [5.74, 6) is 0. The van der Waals surface area contributed by atoms with Crippen LogP contribution in [0, 0.1) is 0 Å². The molecule has 115 valence electrons. The van der Waals surface area contributed by atoms with E-state index in [2.05, 4.69) is 70.3 Å². The summed E-state index contributed by atoms with van der Waals surface area (Å²) in [6.45, 7) is 0.936. The molecule has 0 saturated heterocycles. The number of anilines is 2. The van der Waals surface area contributed by atoms with E-state index >= 15 is 0 Å². The van der Waals surface area contributed by atoms with Gasteiger partial charge in [-0.2, -0.15) is 0 Å². The van der Waals surface area contributed by atoms with Crippen LogP contribution in [0.15, 0.2) is 48.5 Å². The average Bonchev–Trinajstić information content (AvgIpc) is 2.98. The van der Waals surface area contributed by atoms with E-state index in [1.807, 2.05) is 18.2 Å². The second-order valence-electron chi connectivity index (χ2n) is 5.06. The third kappa shape index (κ3) is 4.80. The fraction of sp³-hybridized carbons (Fsp3) is 0.176. The van der Waals surface area contributed by atoms with E-state index in [0.29, 0.717) is 0 Å². The van der Waals surface area contributed by atoms with Crippen LogP contribution < -0.4 is 10.2 Å². The van der Waals surface area contributed by atoms with Crippen molar-refractivity contribution >= 4 is 50.1 Å². The van der Waals surface area contributed by atoms with E-state index in [0.717, 1.165) is 29.3 Å². The van der Waals surface area contributed by atoms with Crippen molar-refractivity contribution in [2.45, 2.75) is 6.42 Å². The molecule has 1 N–H and O–H groups in total. The number of rotatable bonds is 6. The van der Waals surface area contributed by atoms with Gasteiger partial charge in [0.15, 0.2) is 5.13 Å². The third-order valence-corrected chi connectivity index (χ3v) is 4.75. The molecule has 0 bridgehead atoms. The molecule has 6 heteroatoms. The van der Waals surface area contributed by atoms with Gasteiger partial charge in [-0.05, 0) is 24.1 Å². The molecule has 3 rings (SSSR count). The third-order valence-electron chi connectivity index (χ3n) is 3.49. The Kier molecular flexibility index (Phi) is 7.09. The van der Waals surface area contributed by atoms with Gasteiger partial charge in [0.05, 0.1) is 10.2 Å². The number of likely N-dealkylation sites (N-methyl/N-ethyl adjacent to an activating group) is 1. The van der Waals surface area contributed by atoms with Gasteiger partial charge < -0.3 is 10.2 Å². The molecule has 23 heavy (non-hydrogen) atoms. The van der Waals surface area contributed by atoms with Crippen molar-refractivity contribution in [1.82, 2.24) is 4.98 Å². The van der Waals surface area contributed by atoms with E-state index in [1.54, 1.807) is 11.3 Å². The number of aromatic nitrogens is 1. The largest absolute Gasteiger partial charge is 0.515 e. The number of nitrogens with one attached hydrogen (secondary N) is 1. The van der Waals surface area contributed by atoms with E-state index in [4.69, 9.17) is 0 Å². The fourth-order valence-corrected chi connectivity index (χ4v) is 3.30. The van der Waals surface area contributed by atoms with E-state index in [-0.39, 0.29) is 32.7 Å². The Morgan fingerprint density at radius 2 is 1.91 bits per heavy atom. The zero-order valence-electron chi connectivity index (χ0n) is 12.8. The summed E-state index contributed by atoms with van der Waals surface area (Å²) in [7, 11) is 2.09. The first-order chi connectivity index (χ1) is 10.8. The monoisotopic (exact) mass is 415 g/mol. The summed E-state index contributed by atoms with van der Waals surface area (Å²) in [5, 5.41) is 3.95. The van der Waals surface area contributed by atoms with Gasteiger partial charge in [0.1, 0.15) is 0 Å². The molecule has 1 heterocycles. The number of para-hydroxylation sites is 1. The normalized spacial score (nSPS) is 10.1. The van der Waals surface area contributed by atoms with Crippen LogP contribution in [0.2, 0.25) is 0 Å². The Balaban J connectivity index is 0.00000192. The van der Waals surface area contributed by atoms with Crippen molar-refractivity contribution in [1.29, 1.82) is 0 Å². The van der Waals surface area contributed by atoms with Crippen LogP contribution >= 0.6 is 23.6 Å². The molecule has 0 spiro atoms. The maximum absolute atomic E-state index is 4.68. The minimum atomic E-state index is 0. The molecule has 0 unspecified atom stereocenters. The van der Waals surface area contributed by atoms with Crippen LogP contribution in [-0.4, -0.2) is 24.1 Å². The molecule has 0 aliphatic carbocycles. The second-order valence-corrected chi connectivity index (χ2v) is 6.27. The van der Waals surface area contributed by atoms with Gasteiger partial charge in [-0.25, -0.2) is 17.2 Å². The number of nitrogens with zero attached hydrogens (tertiary/aromatic N) is 2. The van der Waals surface area contributed by atoms with Gasteiger partial charge in [-0.15, -0.1) is 23.3 Å². The standard InChI is InChI=1S/C17H16N3S2.Y/c1-20(17-19-15-4-2-3-5-16(15)22-17)11-10-13-6-8-14(9-7-13)18-12-21;/h2-9H,10-11H2,1H3,(H,18,21);/q-1;. The molecule has 0 amide bonds. The molecular formula is C17H16N3S2Y-. The molecule has 3 nitrogen and oxygen atoms in total. The summed E-state index contributed by atoms with van der Waals surface area (Å²) in [6, 6.07) is 16.5. The van der Waals surface area contributed by atoms with Crippen molar-refractivity contribution in [3.05, 3.63) is 54.1 Å². The van der Waals surface area contributed by atoms with Crippen LogP contribution in [-0.2, 0) is 39.1 Å². The Morgan fingerprint density at radius 3 is 2.61 bits per heavy atom. The van der Waals surface area contributed by atoms with Crippen LogP contribution in [0.3, 0.4) is 0 Å². The molecule has 0 aliphatic rings. The van der Waals surface area contributed by atoms with Crippen molar-refractivity contribution in [3.63, 3.8) is 0 Å². The first kappa shape index (κ1) is 18.5. The smallest absolute Gasteiger partial charge is 0.186 e. The average molecular weight is 415 g/mol. The first-order valence-corrected chi connectivity index (χ1v) is 8.27. The Hall–Kier alpha value is -0.876. The zero-order valence-corrected chi connectivity index (χ0v) is 17.3. The van der Waals surface area contributed by atoms with Crippen molar-refractivity contribution in [3.8, 4) is 0 Å². The molecule has 0 saturated carbocycles. The van der Waals surface area contributed by atoms with E-state index < -0.39 is 0 Å². The Bertz CT molecular complexity index is 738. The molecule has 1 radical (unpaired) electrons. The van der Waals surface area contributed by atoms with Crippen molar-refractivity contribution in [2.75, 3.05) is 23.8 Å². The van der Waals surface area contributed by atoms with Gasteiger partial charge in [0.25, 0.3) is 0 Å². The summed E-state index contributed by atoms with van der Waals surface area (Å²) < 4.78 is 1.23. The SMILES string of the molecule is CN(CCc1ccc(N[C-]=S)cc1)c1nc2ccccc2s1.[Y]. The van der Waals surface area contributed by atoms with Gasteiger partial charge in [0.2, 0.25) is 0 Å². The van der Waals surface area contributed by atoms with Crippen molar-refractivity contribution in [2.24, 2.45) is 0 Å². The summed E-state index contributed by atoms with van der Waals surface area (Å²) in [5.41, 5.74) is 5.84. The van der Waals surface area contributed by atoms with Crippen molar-refractivity contribution < 1.29 is 32.7 Å². The Labute approximate surface area is 171 Å². The van der Waals surface area contributed by atoms with E-state index in [9.17, 15) is 0 Å². The number of thiocarbonyl (C=S) groups is 1. The minimum absolute atomic E-state index is 0. The maximum Gasteiger partial charge on any atom is 0.186 e. The van der Waals surface area contributed by atoms with Crippen LogP contribution in [0.5, 0.6) is 0 Å². The topological polar surface area (TPSA) is 28.2 Å². The van der Waals surface area contributed by atoms with Crippen LogP contribution in [0.1, 0.15) is 5.56 Å².